The summed E-state index contributed by atoms with van der Waals surface area (Å²) in [6, 6.07) is 7.60. The number of ether oxygens (including phenoxy) is 1. The maximum absolute atomic E-state index is 12.8. The molecule has 2 aliphatic carbocycles. The van der Waals surface area contributed by atoms with Crippen molar-refractivity contribution in [2.75, 3.05) is 7.11 Å². The van der Waals surface area contributed by atoms with Crippen molar-refractivity contribution in [3.8, 4) is 22.9 Å². The highest BCUT2D eigenvalue weighted by Crippen LogP contribution is 2.37. The van der Waals surface area contributed by atoms with Gasteiger partial charge in [0.15, 0.2) is 0 Å². The van der Waals surface area contributed by atoms with E-state index in [2.05, 4.69) is 6.07 Å². The molecule has 0 aliphatic heterocycles. The second kappa shape index (κ2) is 6.25. The third-order valence-corrected chi connectivity index (χ3v) is 5.12. The Morgan fingerprint density at radius 1 is 1.32 bits per heavy atom. The third kappa shape index (κ3) is 2.87. The zero-order valence-electron chi connectivity index (χ0n) is 14.3. The minimum Gasteiger partial charge on any atom is -0.496 e. The van der Waals surface area contributed by atoms with E-state index in [9.17, 15) is 10.1 Å². The molecule has 2 aliphatic rings. The second-order valence-corrected chi connectivity index (χ2v) is 6.80. The molecule has 4 heteroatoms. The Morgan fingerprint density at radius 3 is 2.88 bits per heavy atom. The molecule has 0 unspecified atom stereocenters. The number of aromatic nitrogens is 1. The molecule has 1 fully saturated rings. The molecule has 1 aromatic heterocycles. The summed E-state index contributed by atoms with van der Waals surface area (Å²) in [5.74, 6) is 1.49. The molecule has 4 rings (SSSR count). The van der Waals surface area contributed by atoms with E-state index in [-0.39, 0.29) is 5.56 Å². The fraction of sp³-hybridized carbons (Fsp3) is 0.333. The number of allylic oxidation sites excluding steroid dienone is 1. The molecule has 1 heterocycles. The molecule has 1 saturated carbocycles. The van der Waals surface area contributed by atoms with Crippen molar-refractivity contribution in [2.45, 2.75) is 32.2 Å². The number of rotatable bonds is 5. The van der Waals surface area contributed by atoms with Gasteiger partial charge in [-0.2, -0.15) is 5.26 Å². The monoisotopic (exact) mass is 332 g/mol. The lowest BCUT2D eigenvalue weighted by Crippen LogP contribution is -2.24. The number of aryl methyl sites for hydroxylation is 1. The molecular formula is C21H20N2O2. The summed E-state index contributed by atoms with van der Waals surface area (Å²) in [5.41, 5.74) is 4.33. The SMILES string of the molecule is COc1ccc(C#N)cc1-c1cn(CCC2CC2)c(=O)c2c1C=CC2. The lowest BCUT2D eigenvalue weighted by atomic mass is 9.97. The molecule has 2 aromatic rings. The van der Waals surface area contributed by atoms with E-state index in [0.717, 1.165) is 41.1 Å². The first-order valence-electron chi connectivity index (χ1n) is 8.72. The van der Waals surface area contributed by atoms with Crippen molar-refractivity contribution in [3.63, 3.8) is 0 Å². The van der Waals surface area contributed by atoms with Crippen LogP contribution in [0.2, 0.25) is 0 Å². The van der Waals surface area contributed by atoms with E-state index in [1.54, 1.807) is 13.2 Å². The minimum atomic E-state index is 0.111. The second-order valence-electron chi connectivity index (χ2n) is 6.80. The van der Waals surface area contributed by atoms with Gasteiger partial charge in [0.2, 0.25) is 0 Å². The van der Waals surface area contributed by atoms with Crippen LogP contribution in [0.4, 0.5) is 0 Å². The third-order valence-electron chi connectivity index (χ3n) is 5.12. The predicted octanol–water partition coefficient (Wildman–Crippen LogP) is 3.76. The molecule has 0 saturated heterocycles. The van der Waals surface area contributed by atoms with Gasteiger partial charge in [-0.1, -0.05) is 25.0 Å². The van der Waals surface area contributed by atoms with Gasteiger partial charge in [-0.3, -0.25) is 4.79 Å². The molecule has 0 atom stereocenters. The van der Waals surface area contributed by atoms with Crippen LogP contribution in [0.1, 0.15) is 36.0 Å². The molecule has 4 nitrogen and oxygen atoms in total. The standard InChI is InChI=1S/C21H20N2O2/c1-25-20-8-7-15(12-22)11-18(20)19-13-23(10-9-14-5-6-14)21(24)17-4-2-3-16(17)19/h2-3,7-8,11,13-14H,4-6,9-10H2,1H3. The Bertz CT molecular complexity index is 959. The van der Waals surface area contributed by atoms with Crippen molar-refractivity contribution in [1.29, 1.82) is 5.26 Å². The van der Waals surface area contributed by atoms with Crippen molar-refractivity contribution in [2.24, 2.45) is 5.92 Å². The first kappa shape index (κ1) is 15.7. The highest BCUT2D eigenvalue weighted by molar-refractivity contribution is 5.82. The van der Waals surface area contributed by atoms with E-state index < -0.39 is 0 Å². The highest BCUT2D eigenvalue weighted by atomic mass is 16.5. The van der Waals surface area contributed by atoms with Crippen LogP contribution < -0.4 is 10.3 Å². The fourth-order valence-corrected chi connectivity index (χ4v) is 3.51. The average Bonchev–Trinajstić information content (AvgIpc) is 3.34. The van der Waals surface area contributed by atoms with Crippen LogP contribution in [0.25, 0.3) is 17.2 Å². The molecule has 126 valence electrons. The first-order valence-corrected chi connectivity index (χ1v) is 8.72. The van der Waals surface area contributed by atoms with Gasteiger partial charge >= 0.3 is 0 Å². The van der Waals surface area contributed by atoms with Crippen LogP contribution in [0, 0.1) is 17.2 Å². The van der Waals surface area contributed by atoms with Crippen LogP contribution >= 0.6 is 0 Å². The van der Waals surface area contributed by atoms with Gasteiger partial charge in [0.1, 0.15) is 5.75 Å². The van der Waals surface area contributed by atoms with Gasteiger partial charge in [-0.15, -0.1) is 0 Å². The Balaban J connectivity index is 1.87. The minimum absolute atomic E-state index is 0.111. The fourth-order valence-electron chi connectivity index (χ4n) is 3.51. The molecule has 0 N–H and O–H groups in total. The Labute approximate surface area is 147 Å². The molecular weight excluding hydrogens is 312 g/mol. The number of fused-ring (bicyclic) bond motifs is 1. The summed E-state index contributed by atoms with van der Waals surface area (Å²) < 4.78 is 7.36. The number of hydrogen-bond acceptors (Lipinski definition) is 3. The van der Waals surface area contributed by atoms with E-state index >= 15 is 0 Å². The van der Waals surface area contributed by atoms with Crippen LogP contribution in [-0.4, -0.2) is 11.7 Å². The number of hydrogen-bond donors (Lipinski definition) is 0. The topological polar surface area (TPSA) is 55.0 Å². The first-order chi connectivity index (χ1) is 12.2. The maximum Gasteiger partial charge on any atom is 0.254 e. The number of pyridine rings is 1. The normalized spacial score (nSPS) is 15.0. The molecule has 1 aromatic carbocycles. The van der Waals surface area contributed by atoms with E-state index in [0.29, 0.717) is 17.7 Å². The Hall–Kier alpha value is -2.80. The van der Waals surface area contributed by atoms with E-state index in [4.69, 9.17) is 4.74 Å². The lowest BCUT2D eigenvalue weighted by molar-refractivity contribution is 0.416. The smallest absolute Gasteiger partial charge is 0.254 e. The summed E-state index contributed by atoms with van der Waals surface area (Å²) in [5, 5.41) is 9.26. The van der Waals surface area contributed by atoms with Gasteiger partial charge in [-0.05, 0) is 42.5 Å². The van der Waals surface area contributed by atoms with Crippen molar-refractivity contribution in [1.82, 2.24) is 4.57 Å². The molecule has 25 heavy (non-hydrogen) atoms. The van der Waals surface area contributed by atoms with Gasteiger partial charge < -0.3 is 9.30 Å². The van der Waals surface area contributed by atoms with Gasteiger partial charge in [0.25, 0.3) is 5.56 Å². The van der Waals surface area contributed by atoms with Gasteiger partial charge in [-0.25, -0.2) is 0 Å². The zero-order valence-corrected chi connectivity index (χ0v) is 14.3. The van der Waals surface area contributed by atoms with Crippen LogP contribution in [0.3, 0.4) is 0 Å². The summed E-state index contributed by atoms with van der Waals surface area (Å²) >= 11 is 0. The summed E-state index contributed by atoms with van der Waals surface area (Å²) in [6.07, 6.45) is 10.3. The molecule has 0 radical (unpaired) electrons. The van der Waals surface area contributed by atoms with Crippen molar-refractivity contribution >= 4 is 6.08 Å². The number of methoxy groups -OCH3 is 1. The summed E-state index contributed by atoms with van der Waals surface area (Å²) in [7, 11) is 1.63. The predicted molar refractivity (Wildman–Crippen MR) is 97.5 cm³/mol. The number of nitrogens with zero attached hydrogens (tertiary/aromatic N) is 2. The van der Waals surface area contributed by atoms with Gasteiger partial charge in [0, 0.05) is 29.4 Å². The lowest BCUT2D eigenvalue weighted by Gasteiger charge is -2.16. The molecule has 0 amide bonds. The molecule has 0 bridgehead atoms. The summed E-state index contributed by atoms with van der Waals surface area (Å²) in [4.78, 5) is 12.8. The van der Waals surface area contributed by atoms with E-state index in [1.807, 2.05) is 35.0 Å². The van der Waals surface area contributed by atoms with Crippen molar-refractivity contribution < 1.29 is 4.74 Å². The number of nitriles is 1. The Kier molecular flexibility index (Phi) is 3.93. The van der Waals surface area contributed by atoms with Crippen LogP contribution in [0.15, 0.2) is 35.3 Å². The van der Waals surface area contributed by atoms with Gasteiger partial charge in [0.05, 0.1) is 18.7 Å². The van der Waals surface area contributed by atoms with Crippen molar-refractivity contribution in [3.05, 3.63) is 57.5 Å². The highest BCUT2D eigenvalue weighted by Gasteiger charge is 2.23. The van der Waals surface area contributed by atoms with Crippen LogP contribution in [0.5, 0.6) is 5.75 Å². The average molecular weight is 332 g/mol. The summed E-state index contributed by atoms with van der Waals surface area (Å²) in [6.45, 7) is 0.754. The molecule has 0 spiro atoms. The van der Waals surface area contributed by atoms with Crippen LogP contribution in [-0.2, 0) is 13.0 Å². The maximum atomic E-state index is 12.8. The quantitative estimate of drug-likeness (QED) is 0.837. The van der Waals surface area contributed by atoms with E-state index in [1.165, 1.54) is 12.8 Å². The Morgan fingerprint density at radius 2 is 2.16 bits per heavy atom. The number of benzene rings is 1. The zero-order chi connectivity index (χ0) is 17.4. The largest absolute Gasteiger partial charge is 0.496 e.